The fourth-order valence-electron chi connectivity index (χ4n) is 3.46. The zero-order valence-electron chi connectivity index (χ0n) is 14.2. The molecule has 2 aromatic heterocycles. The van der Waals surface area contributed by atoms with E-state index in [0.29, 0.717) is 5.82 Å². The summed E-state index contributed by atoms with van der Waals surface area (Å²) in [5, 5.41) is 4.20. The van der Waals surface area contributed by atoms with Crippen LogP contribution < -0.4 is 10.9 Å². The minimum Gasteiger partial charge on any atom is -0.375 e. The molecule has 1 unspecified atom stereocenters. The summed E-state index contributed by atoms with van der Waals surface area (Å²) in [5.41, 5.74) is 4.98. The van der Waals surface area contributed by atoms with Gasteiger partial charge in [0.1, 0.15) is 10.7 Å². The molecule has 0 spiro atoms. The van der Waals surface area contributed by atoms with Crippen LogP contribution in [0.25, 0.3) is 10.2 Å². The molecule has 4 nitrogen and oxygen atoms in total. The lowest BCUT2D eigenvalue weighted by atomic mass is 10.1. The average molecular weight is 339 g/mol. The number of thiophene rings is 1. The topological polar surface area (TPSA) is 57.8 Å². The molecule has 0 fully saturated rings. The molecule has 0 saturated carbocycles. The quantitative estimate of drug-likeness (QED) is 0.749. The van der Waals surface area contributed by atoms with Gasteiger partial charge in [-0.3, -0.25) is 4.79 Å². The zero-order chi connectivity index (χ0) is 16.8. The van der Waals surface area contributed by atoms with Crippen LogP contribution in [-0.2, 0) is 12.8 Å². The van der Waals surface area contributed by atoms with Crippen molar-refractivity contribution < 1.29 is 0 Å². The highest BCUT2D eigenvalue weighted by Crippen LogP contribution is 2.28. The lowest BCUT2D eigenvalue weighted by molar-refractivity contribution is 0.792. The van der Waals surface area contributed by atoms with E-state index in [1.54, 1.807) is 11.3 Å². The van der Waals surface area contributed by atoms with Gasteiger partial charge in [-0.05, 0) is 68.9 Å². The number of nitrogens with zero attached hydrogens (tertiary/aromatic N) is 1. The van der Waals surface area contributed by atoms with Gasteiger partial charge in [0.2, 0.25) is 0 Å². The lowest BCUT2D eigenvalue weighted by Crippen LogP contribution is -2.17. The fraction of sp³-hybridized carbons (Fsp3) is 0.368. The van der Waals surface area contributed by atoms with Crippen LogP contribution in [0, 0.1) is 13.8 Å². The highest BCUT2D eigenvalue weighted by molar-refractivity contribution is 7.18. The molecular weight excluding hydrogens is 318 g/mol. The van der Waals surface area contributed by atoms with Gasteiger partial charge in [-0.25, -0.2) is 4.98 Å². The van der Waals surface area contributed by atoms with Gasteiger partial charge in [-0.2, -0.15) is 0 Å². The van der Waals surface area contributed by atoms with E-state index in [2.05, 4.69) is 33.5 Å². The summed E-state index contributed by atoms with van der Waals surface area (Å²) >= 11 is 1.59. The van der Waals surface area contributed by atoms with Gasteiger partial charge in [-0.1, -0.05) is 6.07 Å². The molecule has 0 amide bonds. The number of H-pyrrole nitrogens is 1. The van der Waals surface area contributed by atoms with E-state index in [1.165, 1.54) is 24.0 Å². The maximum Gasteiger partial charge on any atom is 0.259 e. The Morgan fingerprint density at radius 2 is 2.04 bits per heavy atom. The van der Waals surface area contributed by atoms with Crippen molar-refractivity contribution in [2.45, 2.75) is 46.1 Å². The van der Waals surface area contributed by atoms with Gasteiger partial charge in [0.05, 0.1) is 11.4 Å². The molecule has 1 aromatic carbocycles. The molecule has 0 bridgehead atoms. The van der Waals surface area contributed by atoms with Crippen molar-refractivity contribution in [2.75, 3.05) is 5.32 Å². The third-order valence-electron chi connectivity index (χ3n) is 4.95. The number of benzene rings is 1. The largest absolute Gasteiger partial charge is 0.375 e. The molecule has 1 aliphatic rings. The summed E-state index contributed by atoms with van der Waals surface area (Å²) in [5.74, 6) is 0.689. The van der Waals surface area contributed by atoms with Crippen molar-refractivity contribution in [1.29, 1.82) is 0 Å². The summed E-state index contributed by atoms with van der Waals surface area (Å²) in [4.78, 5) is 22.0. The minimum absolute atomic E-state index is 0.0422. The minimum atomic E-state index is -0.0516. The maximum atomic E-state index is 12.4. The summed E-state index contributed by atoms with van der Waals surface area (Å²) < 4.78 is 0. The Morgan fingerprint density at radius 3 is 2.88 bits per heavy atom. The second-order valence-corrected chi connectivity index (χ2v) is 7.82. The van der Waals surface area contributed by atoms with E-state index in [-0.39, 0.29) is 11.6 Å². The number of aromatic nitrogens is 2. The first-order valence-electron chi connectivity index (χ1n) is 8.41. The van der Waals surface area contributed by atoms with Crippen molar-refractivity contribution in [3.8, 4) is 0 Å². The van der Waals surface area contributed by atoms with Crippen LogP contribution in [-0.4, -0.2) is 9.97 Å². The first-order valence-corrected chi connectivity index (χ1v) is 9.23. The number of rotatable bonds is 3. The fourth-order valence-corrected chi connectivity index (χ4v) is 4.49. The number of hydrogen-bond acceptors (Lipinski definition) is 4. The van der Waals surface area contributed by atoms with Gasteiger partial charge < -0.3 is 10.3 Å². The monoisotopic (exact) mass is 339 g/mol. The number of anilines is 1. The third-order valence-corrected chi connectivity index (χ3v) is 6.05. The predicted molar refractivity (Wildman–Crippen MR) is 100 cm³/mol. The molecule has 24 heavy (non-hydrogen) atoms. The highest BCUT2D eigenvalue weighted by Gasteiger charge is 2.16. The highest BCUT2D eigenvalue weighted by atomic mass is 32.1. The van der Waals surface area contributed by atoms with Crippen LogP contribution in [0.3, 0.4) is 0 Å². The van der Waals surface area contributed by atoms with E-state index in [4.69, 9.17) is 0 Å². The molecule has 4 rings (SSSR count). The van der Waals surface area contributed by atoms with Crippen LogP contribution in [0.15, 0.2) is 23.0 Å². The number of hydrogen-bond donors (Lipinski definition) is 2. The first-order chi connectivity index (χ1) is 11.5. The predicted octanol–water partition coefficient (Wildman–Crippen LogP) is 4.26. The molecule has 0 radical (unpaired) electrons. The van der Waals surface area contributed by atoms with E-state index in [1.807, 2.05) is 20.8 Å². The Bertz CT molecular complexity index is 986. The average Bonchev–Trinajstić information content (AvgIpc) is 3.12. The van der Waals surface area contributed by atoms with Crippen molar-refractivity contribution in [1.82, 2.24) is 9.97 Å². The van der Waals surface area contributed by atoms with Gasteiger partial charge in [0, 0.05) is 10.6 Å². The van der Waals surface area contributed by atoms with Gasteiger partial charge in [-0.15, -0.1) is 11.3 Å². The van der Waals surface area contributed by atoms with Crippen molar-refractivity contribution in [2.24, 2.45) is 0 Å². The Kier molecular flexibility index (Phi) is 3.68. The van der Waals surface area contributed by atoms with Crippen molar-refractivity contribution in [3.63, 3.8) is 0 Å². The molecule has 3 aromatic rings. The number of aryl methyl sites for hydroxylation is 4. The summed E-state index contributed by atoms with van der Waals surface area (Å²) in [6.07, 6.45) is 3.60. The van der Waals surface area contributed by atoms with Crippen LogP contribution >= 0.6 is 11.3 Å². The van der Waals surface area contributed by atoms with E-state index >= 15 is 0 Å². The molecule has 1 atom stereocenters. The number of fused-ring (bicyclic) bond motifs is 2. The SMILES string of the molecule is Cc1sc2nc(C(C)Nc3ccc4c(c3)CCC4)[nH]c(=O)c2c1C. The van der Waals surface area contributed by atoms with Crippen LogP contribution in [0.5, 0.6) is 0 Å². The second-order valence-electron chi connectivity index (χ2n) is 6.62. The number of aromatic amines is 1. The van der Waals surface area contributed by atoms with E-state index in [9.17, 15) is 4.79 Å². The summed E-state index contributed by atoms with van der Waals surface area (Å²) in [6.45, 7) is 6.05. The molecule has 2 N–H and O–H groups in total. The first kappa shape index (κ1) is 15.4. The standard InChI is InChI=1S/C19H21N3OS/c1-10-12(3)24-19-16(10)18(23)21-17(22-19)11(2)20-15-8-7-13-5-4-6-14(13)9-15/h7-9,11,20H,4-6H2,1-3H3,(H,21,22,23). The number of nitrogens with one attached hydrogen (secondary N) is 2. The van der Waals surface area contributed by atoms with Crippen LogP contribution in [0.4, 0.5) is 5.69 Å². The van der Waals surface area contributed by atoms with Crippen molar-refractivity contribution >= 4 is 27.2 Å². The summed E-state index contributed by atoms with van der Waals surface area (Å²) in [7, 11) is 0. The lowest BCUT2D eigenvalue weighted by Gasteiger charge is -2.15. The Labute approximate surface area is 145 Å². The van der Waals surface area contributed by atoms with Crippen LogP contribution in [0.2, 0.25) is 0 Å². The normalized spacial score (nSPS) is 14.8. The molecule has 5 heteroatoms. The van der Waals surface area contributed by atoms with Gasteiger partial charge in [0.25, 0.3) is 5.56 Å². The van der Waals surface area contributed by atoms with Crippen molar-refractivity contribution in [3.05, 3.63) is 55.9 Å². The molecule has 0 saturated heterocycles. The Hall–Kier alpha value is -2.14. The van der Waals surface area contributed by atoms with Gasteiger partial charge >= 0.3 is 0 Å². The van der Waals surface area contributed by atoms with E-state index < -0.39 is 0 Å². The molecule has 2 heterocycles. The maximum absolute atomic E-state index is 12.4. The summed E-state index contributed by atoms with van der Waals surface area (Å²) in [6, 6.07) is 6.51. The molecular formula is C19H21N3OS. The van der Waals surface area contributed by atoms with E-state index in [0.717, 1.165) is 32.8 Å². The van der Waals surface area contributed by atoms with Gasteiger partial charge in [0.15, 0.2) is 0 Å². The zero-order valence-corrected chi connectivity index (χ0v) is 15.0. The Morgan fingerprint density at radius 1 is 1.25 bits per heavy atom. The molecule has 0 aliphatic heterocycles. The Balaban J connectivity index is 1.66. The second kappa shape index (κ2) is 5.74. The molecule has 1 aliphatic carbocycles. The van der Waals surface area contributed by atoms with Crippen LogP contribution in [0.1, 0.15) is 46.8 Å². The third kappa shape index (κ3) is 2.53. The molecule has 124 valence electrons. The smallest absolute Gasteiger partial charge is 0.259 e.